The average molecular weight is 286 g/mol. The average Bonchev–Trinajstić information content (AvgIpc) is 2.52. The normalized spacial score (nSPS) is 9.95. The zero-order valence-corrected chi connectivity index (χ0v) is 11.4. The molecular formula is C16H14O5. The van der Waals surface area contributed by atoms with E-state index in [1.807, 2.05) is 0 Å². The van der Waals surface area contributed by atoms with Gasteiger partial charge >= 0.3 is 5.97 Å². The monoisotopic (exact) mass is 286 g/mol. The molecule has 0 bridgehead atoms. The fourth-order valence-corrected chi connectivity index (χ4v) is 1.91. The second kappa shape index (κ2) is 6.56. The van der Waals surface area contributed by atoms with E-state index in [9.17, 15) is 9.59 Å². The highest BCUT2D eigenvalue weighted by molar-refractivity contribution is 5.90. The molecule has 5 nitrogen and oxygen atoms in total. The van der Waals surface area contributed by atoms with E-state index in [1.54, 1.807) is 36.4 Å². The highest BCUT2D eigenvalue weighted by Crippen LogP contribution is 2.23. The topological polar surface area (TPSA) is 72.8 Å². The molecule has 0 heterocycles. The molecule has 0 aliphatic carbocycles. The molecule has 0 atom stereocenters. The second-order valence-corrected chi connectivity index (χ2v) is 4.28. The van der Waals surface area contributed by atoms with E-state index in [1.165, 1.54) is 13.2 Å². The fraction of sp³-hybridized carbons (Fsp3) is 0.125. The van der Waals surface area contributed by atoms with Crippen molar-refractivity contribution in [3.8, 4) is 11.5 Å². The lowest BCUT2D eigenvalue weighted by Gasteiger charge is -2.12. The molecule has 2 aromatic carbocycles. The third-order valence-electron chi connectivity index (χ3n) is 2.94. The van der Waals surface area contributed by atoms with Crippen LogP contribution in [0.5, 0.6) is 11.5 Å². The van der Waals surface area contributed by atoms with E-state index in [0.717, 1.165) is 6.29 Å². The van der Waals surface area contributed by atoms with Crippen LogP contribution in [0.15, 0.2) is 42.5 Å². The Morgan fingerprint density at radius 2 is 1.95 bits per heavy atom. The molecular weight excluding hydrogens is 272 g/mol. The Bertz CT molecular complexity index is 663. The largest absolute Gasteiger partial charge is 0.496 e. The molecule has 0 unspecified atom stereocenters. The molecule has 0 saturated heterocycles. The van der Waals surface area contributed by atoms with Crippen molar-refractivity contribution >= 4 is 12.3 Å². The molecule has 0 fully saturated rings. The first-order valence-electron chi connectivity index (χ1n) is 6.23. The fourth-order valence-electron chi connectivity index (χ4n) is 1.91. The standard InChI is InChI=1S/C16H14O5/c1-20-14-7-6-11(9-17)8-12(14)10-21-15-5-3-2-4-13(15)16(18)19/h2-9H,10H2,1H3,(H,18,19). The van der Waals surface area contributed by atoms with Crippen LogP contribution in [0.1, 0.15) is 26.3 Å². The van der Waals surface area contributed by atoms with Gasteiger partial charge in [0.25, 0.3) is 0 Å². The number of aldehydes is 1. The van der Waals surface area contributed by atoms with E-state index in [0.29, 0.717) is 16.9 Å². The maximum atomic E-state index is 11.1. The number of carboxylic acids is 1. The van der Waals surface area contributed by atoms with Gasteiger partial charge in [0.2, 0.25) is 0 Å². The van der Waals surface area contributed by atoms with Gasteiger partial charge < -0.3 is 14.6 Å². The number of carboxylic acid groups (broad SMARTS) is 1. The predicted molar refractivity (Wildman–Crippen MR) is 76.1 cm³/mol. The van der Waals surface area contributed by atoms with Crippen molar-refractivity contribution in [2.75, 3.05) is 7.11 Å². The van der Waals surface area contributed by atoms with Crippen molar-refractivity contribution in [1.29, 1.82) is 0 Å². The lowest BCUT2D eigenvalue weighted by atomic mass is 10.1. The quantitative estimate of drug-likeness (QED) is 0.827. The molecule has 0 radical (unpaired) electrons. The summed E-state index contributed by atoms with van der Waals surface area (Å²) >= 11 is 0. The number of rotatable bonds is 6. The van der Waals surface area contributed by atoms with Gasteiger partial charge in [0.15, 0.2) is 0 Å². The highest BCUT2D eigenvalue weighted by Gasteiger charge is 2.11. The Balaban J connectivity index is 2.24. The van der Waals surface area contributed by atoms with Crippen molar-refractivity contribution < 1.29 is 24.2 Å². The predicted octanol–water partition coefficient (Wildman–Crippen LogP) is 2.78. The number of aromatic carboxylic acids is 1. The first-order chi connectivity index (χ1) is 10.2. The van der Waals surface area contributed by atoms with Crippen LogP contribution in [0.2, 0.25) is 0 Å². The summed E-state index contributed by atoms with van der Waals surface area (Å²) in [6.45, 7) is 0.106. The molecule has 2 rings (SSSR count). The molecule has 0 aliphatic heterocycles. The summed E-state index contributed by atoms with van der Waals surface area (Å²) in [4.78, 5) is 21.9. The summed E-state index contributed by atoms with van der Waals surface area (Å²) < 4.78 is 10.7. The van der Waals surface area contributed by atoms with Crippen LogP contribution in [-0.4, -0.2) is 24.5 Å². The molecule has 0 spiro atoms. The number of carbonyl (C=O) groups excluding carboxylic acids is 1. The van der Waals surface area contributed by atoms with E-state index in [2.05, 4.69) is 0 Å². The Kier molecular flexibility index (Phi) is 4.56. The minimum Gasteiger partial charge on any atom is -0.496 e. The SMILES string of the molecule is COc1ccc(C=O)cc1COc1ccccc1C(=O)O. The molecule has 108 valence electrons. The van der Waals surface area contributed by atoms with Gasteiger partial charge in [-0.05, 0) is 30.3 Å². The van der Waals surface area contributed by atoms with Crippen molar-refractivity contribution in [2.24, 2.45) is 0 Å². The van der Waals surface area contributed by atoms with Gasteiger partial charge in [0.05, 0.1) is 7.11 Å². The van der Waals surface area contributed by atoms with Crippen LogP contribution >= 0.6 is 0 Å². The van der Waals surface area contributed by atoms with Crippen LogP contribution in [0, 0.1) is 0 Å². The zero-order valence-electron chi connectivity index (χ0n) is 11.4. The Morgan fingerprint density at radius 3 is 2.62 bits per heavy atom. The first-order valence-corrected chi connectivity index (χ1v) is 6.23. The number of hydrogen-bond acceptors (Lipinski definition) is 4. The van der Waals surface area contributed by atoms with Crippen molar-refractivity contribution in [3.05, 3.63) is 59.2 Å². The minimum atomic E-state index is -1.06. The van der Waals surface area contributed by atoms with E-state index < -0.39 is 5.97 Å². The van der Waals surface area contributed by atoms with Crippen molar-refractivity contribution in [1.82, 2.24) is 0 Å². The van der Waals surface area contributed by atoms with Crippen molar-refractivity contribution in [2.45, 2.75) is 6.61 Å². The van der Waals surface area contributed by atoms with Crippen LogP contribution in [0.4, 0.5) is 0 Å². The minimum absolute atomic E-state index is 0.0861. The summed E-state index contributed by atoms with van der Waals surface area (Å²) in [6, 6.07) is 11.3. The third-order valence-corrected chi connectivity index (χ3v) is 2.94. The number of hydrogen-bond donors (Lipinski definition) is 1. The Morgan fingerprint density at radius 1 is 1.19 bits per heavy atom. The van der Waals surface area contributed by atoms with E-state index in [-0.39, 0.29) is 17.9 Å². The van der Waals surface area contributed by atoms with Crippen LogP contribution in [0.25, 0.3) is 0 Å². The number of carbonyl (C=O) groups is 2. The smallest absolute Gasteiger partial charge is 0.339 e. The van der Waals surface area contributed by atoms with Crippen LogP contribution in [0.3, 0.4) is 0 Å². The lowest BCUT2D eigenvalue weighted by Crippen LogP contribution is -2.04. The van der Waals surface area contributed by atoms with Gasteiger partial charge in [-0.3, -0.25) is 4.79 Å². The molecule has 0 aromatic heterocycles. The van der Waals surface area contributed by atoms with Gasteiger partial charge in [-0.25, -0.2) is 4.79 Å². The number of benzene rings is 2. The van der Waals surface area contributed by atoms with Gasteiger partial charge in [0.1, 0.15) is 30.0 Å². The first kappa shape index (κ1) is 14.6. The third kappa shape index (κ3) is 3.39. The molecule has 0 aliphatic rings. The van der Waals surface area contributed by atoms with Gasteiger partial charge in [-0.2, -0.15) is 0 Å². The maximum absolute atomic E-state index is 11.1. The number of para-hydroxylation sites is 1. The van der Waals surface area contributed by atoms with Crippen molar-refractivity contribution in [3.63, 3.8) is 0 Å². The molecule has 2 aromatic rings. The molecule has 0 amide bonds. The number of ether oxygens (including phenoxy) is 2. The summed E-state index contributed by atoms with van der Waals surface area (Å²) in [5, 5.41) is 9.09. The van der Waals surface area contributed by atoms with Crippen LogP contribution in [-0.2, 0) is 6.61 Å². The summed E-state index contributed by atoms with van der Waals surface area (Å²) in [6.07, 6.45) is 0.730. The molecule has 21 heavy (non-hydrogen) atoms. The zero-order chi connectivity index (χ0) is 15.2. The Hall–Kier alpha value is -2.82. The number of methoxy groups -OCH3 is 1. The van der Waals surface area contributed by atoms with Crippen LogP contribution < -0.4 is 9.47 Å². The summed E-state index contributed by atoms with van der Waals surface area (Å²) in [5.41, 5.74) is 1.26. The van der Waals surface area contributed by atoms with Gasteiger partial charge in [-0.1, -0.05) is 12.1 Å². The van der Waals surface area contributed by atoms with E-state index >= 15 is 0 Å². The second-order valence-electron chi connectivity index (χ2n) is 4.28. The van der Waals surface area contributed by atoms with Gasteiger partial charge in [0, 0.05) is 11.1 Å². The summed E-state index contributed by atoms with van der Waals surface area (Å²) in [5.74, 6) is -0.212. The van der Waals surface area contributed by atoms with Gasteiger partial charge in [-0.15, -0.1) is 0 Å². The molecule has 0 saturated carbocycles. The highest BCUT2D eigenvalue weighted by atomic mass is 16.5. The Labute approximate surface area is 121 Å². The van der Waals surface area contributed by atoms with E-state index in [4.69, 9.17) is 14.6 Å². The molecule has 5 heteroatoms. The lowest BCUT2D eigenvalue weighted by molar-refractivity contribution is 0.0691. The maximum Gasteiger partial charge on any atom is 0.339 e. The summed E-state index contributed by atoms with van der Waals surface area (Å²) in [7, 11) is 1.52. The molecule has 1 N–H and O–H groups in total.